The molecule has 1 amide bonds. The second-order valence-corrected chi connectivity index (χ2v) is 12.3. The number of halogens is 7. The van der Waals surface area contributed by atoms with Gasteiger partial charge >= 0.3 is 28.8 Å². The molecule has 1 aliphatic rings. The number of hydrogen-bond donors (Lipinski definition) is 4. The zero-order chi connectivity index (χ0) is 36.2. The van der Waals surface area contributed by atoms with Crippen LogP contribution in [0, 0.1) is 0 Å². The number of aromatic hydroxyl groups is 1. The Bertz CT molecular complexity index is 1580. The number of carbonyl (C=O) groups excluding carboxylic acids is 3. The van der Waals surface area contributed by atoms with Crippen LogP contribution in [0.3, 0.4) is 0 Å². The molecule has 0 spiro atoms. The molecule has 3 aromatic rings. The van der Waals surface area contributed by atoms with Crippen molar-refractivity contribution < 1.29 is 50.6 Å². The van der Waals surface area contributed by atoms with E-state index in [-0.39, 0.29) is 22.6 Å². The van der Waals surface area contributed by atoms with Crippen molar-refractivity contribution in [2.24, 2.45) is 0 Å². The summed E-state index contributed by atoms with van der Waals surface area (Å²) < 4.78 is 73.3. The number of phenolic OH excluding ortho intramolecular Hbond substituents is 1. The molecule has 0 atom stereocenters. The minimum atomic E-state index is -5.77. The number of Topliss-reactive ketones (excluding diaryl/α,β-unsaturated/α-hetero) is 2. The van der Waals surface area contributed by atoms with E-state index in [4.69, 9.17) is 16.3 Å². The monoisotopic (exact) mass is 740 g/mol. The van der Waals surface area contributed by atoms with Crippen molar-refractivity contribution in [2.75, 3.05) is 45.9 Å². The van der Waals surface area contributed by atoms with E-state index in [0.717, 1.165) is 58.9 Å². The van der Waals surface area contributed by atoms with Crippen LogP contribution in [0.5, 0.6) is 5.75 Å². The van der Waals surface area contributed by atoms with Gasteiger partial charge < -0.3 is 30.4 Å². The number of fused-ring (bicyclic) bond motifs is 1. The van der Waals surface area contributed by atoms with Crippen LogP contribution >= 0.6 is 22.9 Å². The molecular weight excluding hydrogens is 706 g/mol. The quantitative estimate of drug-likeness (QED) is 0.107. The molecule has 0 unspecified atom stereocenters. The summed E-state index contributed by atoms with van der Waals surface area (Å²) in [6, 6.07) is 11.5. The van der Waals surface area contributed by atoms with Gasteiger partial charge in [0, 0.05) is 50.3 Å². The third-order valence-electron chi connectivity index (χ3n) is 7.43. The summed E-state index contributed by atoms with van der Waals surface area (Å²) in [5, 5.41) is 17.5. The van der Waals surface area contributed by atoms with Crippen LogP contribution in [0.4, 0.5) is 26.3 Å². The second kappa shape index (κ2) is 18.5. The fourth-order valence-corrected chi connectivity index (χ4v) is 5.95. The van der Waals surface area contributed by atoms with Crippen LogP contribution in [0.2, 0.25) is 5.02 Å². The first-order valence-electron chi connectivity index (χ1n) is 15.2. The van der Waals surface area contributed by atoms with E-state index in [1.54, 1.807) is 6.07 Å². The molecule has 1 aliphatic heterocycles. The zero-order valence-corrected chi connectivity index (χ0v) is 27.6. The van der Waals surface area contributed by atoms with Gasteiger partial charge in [0.25, 0.3) is 0 Å². The van der Waals surface area contributed by atoms with E-state index < -0.39 is 23.9 Å². The van der Waals surface area contributed by atoms with Crippen LogP contribution in [0.15, 0.2) is 41.2 Å². The lowest BCUT2D eigenvalue weighted by Crippen LogP contribution is -2.47. The highest BCUT2D eigenvalue weighted by Gasteiger charge is 2.54. The first-order valence-corrected chi connectivity index (χ1v) is 16.4. The van der Waals surface area contributed by atoms with Gasteiger partial charge in [-0.2, -0.15) is 26.3 Å². The average Bonchev–Trinajstić information content (AvgIpc) is 3.46. The van der Waals surface area contributed by atoms with Crippen molar-refractivity contribution in [3.8, 4) is 5.75 Å². The molecule has 2 aromatic carbocycles. The maximum Gasteiger partial charge on any atom is 0.458 e. The van der Waals surface area contributed by atoms with E-state index in [1.807, 2.05) is 35.2 Å². The van der Waals surface area contributed by atoms with Crippen LogP contribution in [-0.4, -0.2) is 96.8 Å². The Morgan fingerprint density at radius 1 is 0.898 bits per heavy atom. The standard InChI is InChI=1S/C27H35ClN4O4S.C4F6O2/c28-21-4-1-19(2-5-21)7-12-29-14-9-24(34)32(22-10-17-36-18-11-22)16-15-30-13-8-20-3-6-23(33)25-26(20)37-27(35)31-25;5-3(6,7)1(11)2(12)4(8,9)10/h1-6,22,29-30,33H,7-18H2,(H,31,35);. The van der Waals surface area contributed by atoms with Gasteiger partial charge in [0.2, 0.25) is 5.91 Å². The van der Waals surface area contributed by atoms with Crippen LogP contribution in [0.1, 0.15) is 30.4 Å². The molecule has 0 bridgehead atoms. The molecule has 0 radical (unpaired) electrons. The molecule has 2 heterocycles. The zero-order valence-electron chi connectivity index (χ0n) is 26.0. The van der Waals surface area contributed by atoms with Crippen LogP contribution in [-0.2, 0) is 32.0 Å². The molecule has 49 heavy (non-hydrogen) atoms. The lowest BCUT2D eigenvalue weighted by molar-refractivity contribution is -0.193. The molecular formula is C31H35ClF6N4O6S. The molecule has 18 heteroatoms. The summed E-state index contributed by atoms with van der Waals surface area (Å²) >= 11 is 7.06. The highest BCUT2D eigenvalue weighted by Crippen LogP contribution is 2.28. The summed E-state index contributed by atoms with van der Waals surface area (Å²) in [4.78, 5) is 48.6. The van der Waals surface area contributed by atoms with E-state index in [9.17, 15) is 50.6 Å². The number of nitrogens with one attached hydrogen (secondary N) is 3. The summed E-state index contributed by atoms with van der Waals surface area (Å²) in [7, 11) is 0. The molecule has 1 aromatic heterocycles. The Morgan fingerprint density at radius 2 is 1.49 bits per heavy atom. The molecule has 4 rings (SSSR count). The predicted molar refractivity (Wildman–Crippen MR) is 171 cm³/mol. The number of carbonyl (C=O) groups is 3. The van der Waals surface area contributed by atoms with Crippen LogP contribution < -0.4 is 15.5 Å². The Morgan fingerprint density at radius 3 is 2.10 bits per heavy atom. The topological polar surface area (TPSA) is 141 Å². The van der Waals surface area contributed by atoms with Crippen molar-refractivity contribution in [2.45, 2.75) is 50.5 Å². The van der Waals surface area contributed by atoms with Crippen molar-refractivity contribution in [3.05, 3.63) is 62.2 Å². The van der Waals surface area contributed by atoms with Crippen molar-refractivity contribution in [1.82, 2.24) is 20.5 Å². The molecule has 10 nitrogen and oxygen atoms in total. The number of aromatic amines is 1. The molecule has 4 N–H and O–H groups in total. The number of aromatic nitrogens is 1. The SMILES string of the molecule is O=C(C(=O)C(F)(F)F)C(F)(F)F.O=C(CCNCCc1ccc(Cl)cc1)N(CCNCCc1ccc(O)c2[nH]c(=O)sc12)C1CCOCC1. The highest BCUT2D eigenvalue weighted by atomic mass is 35.5. The normalized spacial score (nSPS) is 13.9. The van der Waals surface area contributed by atoms with Gasteiger partial charge in [-0.15, -0.1) is 0 Å². The first kappa shape index (κ1) is 39.9. The minimum Gasteiger partial charge on any atom is -0.506 e. The number of alkyl halides is 6. The summed E-state index contributed by atoms with van der Waals surface area (Å²) in [6.07, 6.45) is -7.71. The molecule has 1 saturated heterocycles. The van der Waals surface area contributed by atoms with E-state index in [0.29, 0.717) is 51.3 Å². The Labute approximate surface area is 285 Å². The fourth-order valence-electron chi connectivity index (χ4n) is 4.93. The Kier molecular flexibility index (Phi) is 15.1. The largest absolute Gasteiger partial charge is 0.506 e. The van der Waals surface area contributed by atoms with Crippen molar-refractivity contribution >= 4 is 50.6 Å². The van der Waals surface area contributed by atoms with E-state index in [1.165, 1.54) is 5.56 Å². The molecule has 1 fully saturated rings. The van der Waals surface area contributed by atoms with Crippen molar-refractivity contribution in [1.29, 1.82) is 0 Å². The van der Waals surface area contributed by atoms with Gasteiger partial charge in [-0.1, -0.05) is 41.1 Å². The summed E-state index contributed by atoms with van der Waals surface area (Å²) in [5.41, 5.74) is 2.74. The lowest BCUT2D eigenvalue weighted by atomic mass is 10.1. The number of H-pyrrole nitrogens is 1. The third-order valence-corrected chi connectivity index (χ3v) is 8.64. The summed E-state index contributed by atoms with van der Waals surface area (Å²) in [6.45, 7) is 4.90. The van der Waals surface area contributed by atoms with E-state index >= 15 is 0 Å². The Hall–Kier alpha value is -3.51. The maximum absolute atomic E-state index is 13.1. The van der Waals surface area contributed by atoms with Crippen LogP contribution in [0.25, 0.3) is 10.2 Å². The number of ether oxygens (including phenoxy) is 1. The first-order chi connectivity index (χ1) is 23.1. The fraction of sp³-hybridized carbons (Fsp3) is 0.484. The lowest BCUT2D eigenvalue weighted by Gasteiger charge is -2.34. The predicted octanol–water partition coefficient (Wildman–Crippen LogP) is 4.56. The van der Waals surface area contributed by atoms with Gasteiger partial charge in [0.1, 0.15) is 11.3 Å². The molecule has 270 valence electrons. The van der Waals surface area contributed by atoms with Crippen molar-refractivity contribution in [3.63, 3.8) is 0 Å². The highest BCUT2D eigenvalue weighted by molar-refractivity contribution is 7.16. The second-order valence-electron chi connectivity index (χ2n) is 10.9. The number of hydrogen-bond acceptors (Lipinski definition) is 9. The van der Waals surface area contributed by atoms with Gasteiger partial charge in [0.15, 0.2) is 0 Å². The number of amides is 1. The number of benzene rings is 2. The smallest absolute Gasteiger partial charge is 0.458 e. The summed E-state index contributed by atoms with van der Waals surface area (Å²) in [5.74, 6) is -6.55. The minimum absolute atomic E-state index is 0.0927. The van der Waals surface area contributed by atoms with E-state index in [2.05, 4.69) is 15.6 Å². The van der Waals surface area contributed by atoms with Gasteiger partial charge in [-0.3, -0.25) is 19.2 Å². The average molecular weight is 741 g/mol. The van der Waals surface area contributed by atoms with Gasteiger partial charge in [-0.25, -0.2) is 0 Å². The third kappa shape index (κ3) is 12.7. The molecule has 0 saturated carbocycles. The number of nitrogens with zero attached hydrogens (tertiary/aromatic N) is 1. The number of thiazole rings is 1. The number of rotatable bonds is 14. The maximum atomic E-state index is 13.1. The number of phenols is 1. The Balaban J connectivity index is 0.000000463. The number of ketones is 2. The van der Waals surface area contributed by atoms with Gasteiger partial charge in [-0.05, 0) is 68.1 Å². The molecule has 0 aliphatic carbocycles. The van der Waals surface area contributed by atoms with Gasteiger partial charge in [0.05, 0.1) is 4.70 Å².